The summed E-state index contributed by atoms with van der Waals surface area (Å²) in [4.78, 5) is 11.9. The third kappa shape index (κ3) is 3.54. The highest BCUT2D eigenvalue weighted by Gasteiger charge is 2.20. The molecular formula is C13H17BrN2O2. The number of benzene rings is 1. The molecule has 4 nitrogen and oxygen atoms in total. The van der Waals surface area contributed by atoms with Crippen molar-refractivity contribution in [3.63, 3.8) is 0 Å². The maximum atomic E-state index is 11.9. The number of morpholine rings is 1. The van der Waals surface area contributed by atoms with Crippen molar-refractivity contribution in [2.24, 2.45) is 0 Å². The molecule has 0 aliphatic carbocycles. The van der Waals surface area contributed by atoms with Gasteiger partial charge in [-0.2, -0.15) is 0 Å². The van der Waals surface area contributed by atoms with Crippen LogP contribution in [0.4, 0.5) is 0 Å². The molecular weight excluding hydrogens is 296 g/mol. The first-order valence-electron chi connectivity index (χ1n) is 6.00. The van der Waals surface area contributed by atoms with E-state index < -0.39 is 0 Å². The van der Waals surface area contributed by atoms with Gasteiger partial charge in [0.15, 0.2) is 0 Å². The number of carbonyl (C=O) groups is 1. The summed E-state index contributed by atoms with van der Waals surface area (Å²) in [6, 6.07) is 5.82. The number of halogens is 1. The zero-order valence-corrected chi connectivity index (χ0v) is 11.9. The van der Waals surface area contributed by atoms with Gasteiger partial charge < -0.3 is 15.4 Å². The van der Waals surface area contributed by atoms with E-state index in [2.05, 4.69) is 26.6 Å². The number of carbonyl (C=O) groups excluding carboxylic acids is 1. The lowest BCUT2D eigenvalue weighted by Crippen LogP contribution is -2.51. The Labute approximate surface area is 115 Å². The molecule has 0 bridgehead atoms. The molecule has 1 amide bonds. The minimum absolute atomic E-state index is 0.00276. The summed E-state index contributed by atoms with van der Waals surface area (Å²) in [7, 11) is 0. The summed E-state index contributed by atoms with van der Waals surface area (Å²) >= 11 is 3.43. The molecule has 1 fully saturated rings. The van der Waals surface area contributed by atoms with Gasteiger partial charge in [-0.05, 0) is 30.2 Å². The maximum absolute atomic E-state index is 11.9. The first-order chi connectivity index (χ1) is 8.66. The largest absolute Gasteiger partial charge is 0.378 e. The first-order valence-corrected chi connectivity index (χ1v) is 6.80. The predicted molar refractivity (Wildman–Crippen MR) is 73.3 cm³/mol. The number of nitrogens with one attached hydrogen (secondary N) is 2. The van der Waals surface area contributed by atoms with Crippen molar-refractivity contribution in [2.45, 2.75) is 19.5 Å². The van der Waals surface area contributed by atoms with Crippen molar-refractivity contribution < 1.29 is 9.53 Å². The molecule has 18 heavy (non-hydrogen) atoms. The Hall–Kier alpha value is -0.910. The monoisotopic (exact) mass is 312 g/mol. The van der Waals surface area contributed by atoms with E-state index in [1.54, 1.807) is 0 Å². The molecule has 0 saturated carbocycles. The van der Waals surface area contributed by atoms with Crippen molar-refractivity contribution in [3.05, 3.63) is 33.8 Å². The molecule has 1 aliphatic rings. The van der Waals surface area contributed by atoms with Gasteiger partial charge in [0, 0.05) is 17.6 Å². The van der Waals surface area contributed by atoms with Gasteiger partial charge in [-0.1, -0.05) is 22.0 Å². The molecule has 0 radical (unpaired) electrons. The summed E-state index contributed by atoms with van der Waals surface area (Å²) in [5.74, 6) is -0.00276. The van der Waals surface area contributed by atoms with E-state index in [0.29, 0.717) is 19.8 Å². The lowest BCUT2D eigenvalue weighted by molar-refractivity contribution is -0.126. The van der Waals surface area contributed by atoms with Crippen LogP contribution >= 0.6 is 15.9 Å². The summed E-state index contributed by atoms with van der Waals surface area (Å²) < 4.78 is 6.32. The Morgan fingerprint density at radius 3 is 3.11 bits per heavy atom. The molecule has 0 spiro atoms. The van der Waals surface area contributed by atoms with Gasteiger partial charge in [-0.25, -0.2) is 0 Å². The van der Waals surface area contributed by atoms with Crippen LogP contribution in [0.2, 0.25) is 0 Å². The lowest BCUT2D eigenvalue weighted by Gasteiger charge is -2.23. The van der Waals surface area contributed by atoms with Gasteiger partial charge in [-0.3, -0.25) is 4.79 Å². The number of amides is 1. The van der Waals surface area contributed by atoms with Crippen molar-refractivity contribution >= 4 is 21.8 Å². The van der Waals surface area contributed by atoms with Crippen LogP contribution in [-0.4, -0.2) is 31.7 Å². The van der Waals surface area contributed by atoms with Gasteiger partial charge >= 0.3 is 0 Å². The third-order valence-electron chi connectivity index (χ3n) is 3.00. The summed E-state index contributed by atoms with van der Waals surface area (Å²) in [5, 5.41) is 6.07. The molecule has 0 aromatic heterocycles. The second-order valence-electron chi connectivity index (χ2n) is 4.37. The highest BCUT2D eigenvalue weighted by Crippen LogP contribution is 2.15. The zero-order chi connectivity index (χ0) is 13.0. The van der Waals surface area contributed by atoms with Crippen molar-refractivity contribution in [1.82, 2.24) is 10.6 Å². The molecule has 2 rings (SSSR count). The van der Waals surface area contributed by atoms with Crippen LogP contribution in [0.1, 0.15) is 11.1 Å². The first kappa shape index (κ1) is 13.5. The number of hydrogen-bond donors (Lipinski definition) is 2. The summed E-state index contributed by atoms with van der Waals surface area (Å²) in [6.45, 7) is 4.44. The Kier molecular flexibility index (Phi) is 4.74. The molecule has 1 saturated heterocycles. The smallest absolute Gasteiger partial charge is 0.239 e. The summed E-state index contributed by atoms with van der Waals surface area (Å²) in [5.41, 5.74) is 2.29. The van der Waals surface area contributed by atoms with E-state index in [4.69, 9.17) is 4.74 Å². The SMILES string of the molecule is Cc1cc(Br)ccc1CNC(=O)C1COCCN1. The van der Waals surface area contributed by atoms with Crippen molar-refractivity contribution in [2.75, 3.05) is 19.8 Å². The number of hydrogen-bond acceptors (Lipinski definition) is 3. The highest BCUT2D eigenvalue weighted by molar-refractivity contribution is 9.10. The molecule has 98 valence electrons. The van der Waals surface area contributed by atoms with Gasteiger partial charge in [0.25, 0.3) is 0 Å². The van der Waals surface area contributed by atoms with Gasteiger partial charge in [0.2, 0.25) is 5.91 Å². The van der Waals surface area contributed by atoms with Crippen LogP contribution in [0.25, 0.3) is 0 Å². The Morgan fingerprint density at radius 1 is 1.61 bits per heavy atom. The Bertz CT molecular complexity index is 431. The highest BCUT2D eigenvalue weighted by atomic mass is 79.9. The fraction of sp³-hybridized carbons (Fsp3) is 0.462. The Morgan fingerprint density at radius 2 is 2.44 bits per heavy atom. The number of ether oxygens (including phenoxy) is 1. The van der Waals surface area contributed by atoms with Crippen LogP contribution in [0.15, 0.2) is 22.7 Å². The van der Waals surface area contributed by atoms with E-state index in [9.17, 15) is 4.79 Å². The van der Waals surface area contributed by atoms with Crippen molar-refractivity contribution in [1.29, 1.82) is 0 Å². The average Bonchev–Trinajstić information content (AvgIpc) is 2.38. The van der Waals surface area contributed by atoms with E-state index in [0.717, 1.165) is 22.1 Å². The maximum Gasteiger partial charge on any atom is 0.239 e. The molecule has 1 heterocycles. The van der Waals surface area contributed by atoms with Gasteiger partial charge in [0.05, 0.1) is 13.2 Å². The number of aryl methyl sites for hydroxylation is 1. The van der Waals surface area contributed by atoms with Crippen LogP contribution in [0.5, 0.6) is 0 Å². The van der Waals surface area contributed by atoms with Crippen molar-refractivity contribution in [3.8, 4) is 0 Å². The molecule has 1 aliphatic heterocycles. The van der Waals surface area contributed by atoms with Crippen LogP contribution in [-0.2, 0) is 16.1 Å². The third-order valence-corrected chi connectivity index (χ3v) is 3.49. The minimum atomic E-state index is -0.227. The van der Waals surface area contributed by atoms with E-state index in [1.807, 2.05) is 25.1 Å². The molecule has 1 aromatic rings. The van der Waals surface area contributed by atoms with E-state index >= 15 is 0 Å². The second kappa shape index (κ2) is 6.31. The lowest BCUT2D eigenvalue weighted by atomic mass is 10.1. The summed E-state index contributed by atoms with van der Waals surface area (Å²) in [6.07, 6.45) is 0. The predicted octanol–water partition coefficient (Wildman–Crippen LogP) is 1.36. The fourth-order valence-electron chi connectivity index (χ4n) is 1.90. The van der Waals surface area contributed by atoms with Gasteiger partial charge in [-0.15, -0.1) is 0 Å². The standard InChI is InChI=1S/C13H17BrN2O2/c1-9-6-11(14)3-2-10(9)7-16-13(17)12-8-18-5-4-15-12/h2-3,6,12,15H,4-5,7-8H2,1H3,(H,16,17). The second-order valence-corrected chi connectivity index (χ2v) is 5.29. The van der Waals surface area contributed by atoms with Crippen LogP contribution < -0.4 is 10.6 Å². The average molecular weight is 313 g/mol. The molecule has 1 unspecified atom stereocenters. The Balaban J connectivity index is 1.88. The molecule has 2 N–H and O–H groups in total. The topological polar surface area (TPSA) is 50.4 Å². The minimum Gasteiger partial charge on any atom is -0.378 e. The normalized spacial score (nSPS) is 19.6. The fourth-order valence-corrected chi connectivity index (χ4v) is 2.37. The van der Waals surface area contributed by atoms with E-state index in [-0.39, 0.29) is 11.9 Å². The molecule has 1 atom stereocenters. The van der Waals surface area contributed by atoms with Crippen LogP contribution in [0.3, 0.4) is 0 Å². The van der Waals surface area contributed by atoms with Gasteiger partial charge in [0.1, 0.15) is 6.04 Å². The molecule has 1 aromatic carbocycles. The van der Waals surface area contributed by atoms with Crippen LogP contribution in [0, 0.1) is 6.92 Å². The quantitative estimate of drug-likeness (QED) is 0.886. The number of rotatable bonds is 3. The molecule has 5 heteroatoms. The van der Waals surface area contributed by atoms with E-state index in [1.165, 1.54) is 0 Å². The zero-order valence-electron chi connectivity index (χ0n) is 10.3.